The lowest BCUT2D eigenvalue weighted by Gasteiger charge is -2.10. The lowest BCUT2D eigenvalue weighted by molar-refractivity contribution is 0.621. The van der Waals surface area contributed by atoms with Crippen LogP contribution < -0.4 is 16.6 Å². The molecule has 2 aromatic rings. The average Bonchev–Trinajstić information content (AvgIpc) is 2.36. The summed E-state index contributed by atoms with van der Waals surface area (Å²) in [5.41, 5.74) is 3.94. The summed E-state index contributed by atoms with van der Waals surface area (Å²) >= 11 is 3.13. The molecule has 4 N–H and O–H groups in total. The summed E-state index contributed by atoms with van der Waals surface area (Å²) in [6.45, 7) is 1.87. The minimum Gasteiger partial charge on any atom is -0.340 e. The van der Waals surface area contributed by atoms with Crippen molar-refractivity contribution in [2.75, 3.05) is 10.7 Å². The largest absolute Gasteiger partial charge is 0.340 e. The van der Waals surface area contributed by atoms with Gasteiger partial charge in [-0.25, -0.2) is 20.2 Å². The maximum Gasteiger partial charge on any atom is 0.145 e. The summed E-state index contributed by atoms with van der Waals surface area (Å²) in [4.78, 5) is 7.91. The normalized spacial score (nSPS) is 10.2. The van der Waals surface area contributed by atoms with Crippen molar-refractivity contribution in [2.45, 2.75) is 6.92 Å². The molecule has 1 aromatic heterocycles. The molecule has 0 atom stereocenters. The molecule has 0 fully saturated rings. The van der Waals surface area contributed by atoms with Gasteiger partial charge in [0.1, 0.15) is 23.8 Å². The summed E-state index contributed by atoms with van der Waals surface area (Å²) in [6, 6.07) is 4.72. The number of nitrogen functional groups attached to an aromatic ring is 1. The first kappa shape index (κ1) is 12.7. The Bertz CT molecular complexity index is 575. The summed E-state index contributed by atoms with van der Waals surface area (Å²) in [5.74, 6) is 5.92. The molecule has 18 heavy (non-hydrogen) atoms. The third-order valence-corrected chi connectivity index (χ3v) is 2.95. The molecule has 0 aliphatic carbocycles. The Morgan fingerprint density at radius 3 is 2.67 bits per heavy atom. The van der Waals surface area contributed by atoms with Gasteiger partial charge in [0.15, 0.2) is 0 Å². The number of hydrogen-bond acceptors (Lipinski definition) is 5. The number of anilines is 3. The van der Waals surface area contributed by atoms with E-state index in [-0.39, 0.29) is 5.82 Å². The number of halogens is 2. The van der Waals surface area contributed by atoms with Crippen molar-refractivity contribution in [3.05, 3.63) is 40.4 Å². The van der Waals surface area contributed by atoms with Crippen LogP contribution in [0, 0.1) is 12.7 Å². The van der Waals surface area contributed by atoms with Crippen LogP contribution in [0.25, 0.3) is 0 Å². The van der Waals surface area contributed by atoms with Gasteiger partial charge in [-0.15, -0.1) is 0 Å². The minimum atomic E-state index is -0.339. The molecule has 0 unspecified atom stereocenters. The number of rotatable bonds is 3. The molecule has 0 radical (unpaired) electrons. The molecule has 0 aliphatic heterocycles. The topological polar surface area (TPSA) is 75.9 Å². The first-order chi connectivity index (χ1) is 8.60. The third kappa shape index (κ3) is 2.74. The molecule has 0 saturated heterocycles. The molecule has 7 heteroatoms. The van der Waals surface area contributed by atoms with Crippen molar-refractivity contribution in [1.82, 2.24) is 9.97 Å². The van der Waals surface area contributed by atoms with Crippen LogP contribution in [-0.4, -0.2) is 9.97 Å². The molecule has 0 amide bonds. The van der Waals surface area contributed by atoms with E-state index < -0.39 is 0 Å². The van der Waals surface area contributed by atoms with Gasteiger partial charge in [-0.3, -0.25) is 0 Å². The van der Waals surface area contributed by atoms with Gasteiger partial charge in [-0.05, 0) is 40.5 Å². The summed E-state index contributed by atoms with van der Waals surface area (Å²) < 4.78 is 13.9. The van der Waals surface area contributed by atoms with Crippen LogP contribution in [-0.2, 0) is 0 Å². The zero-order chi connectivity index (χ0) is 13.1. The number of hydrogen-bond donors (Lipinski definition) is 3. The number of nitrogens with one attached hydrogen (secondary N) is 2. The predicted molar refractivity (Wildman–Crippen MR) is 72.0 cm³/mol. The number of aromatic nitrogens is 2. The Morgan fingerprint density at radius 2 is 1.94 bits per heavy atom. The molecule has 2 rings (SSSR count). The van der Waals surface area contributed by atoms with Gasteiger partial charge in [0, 0.05) is 11.8 Å². The second-order valence-electron chi connectivity index (χ2n) is 3.64. The molecule has 5 nitrogen and oxygen atoms in total. The van der Waals surface area contributed by atoms with Gasteiger partial charge >= 0.3 is 0 Å². The van der Waals surface area contributed by atoms with Crippen molar-refractivity contribution in [1.29, 1.82) is 0 Å². The van der Waals surface area contributed by atoms with Crippen molar-refractivity contribution in [3.8, 4) is 0 Å². The van der Waals surface area contributed by atoms with Crippen LogP contribution >= 0.6 is 15.9 Å². The fourth-order valence-corrected chi connectivity index (χ4v) is 1.88. The Kier molecular flexibility index (Phi) is 3.73. The second-order valence-corrected chi connectivity index (χ2v) is 4.49. The smallest absolute Gasteiger partial charge is 0.145 e. The van der Waals surface area contributed by atoms with Crippen molar-refractivity contribution >= 4 is 33.3 Å². The molecule has 0 saturated carbocycles. The lowest BCUT2D eigenvalue weighted by atomic mass is 10.2. The van der Waals surface area contributed by atoms with E-state index in [4.69, 9.17) is 5.84 Å². The van der Waals surface area contributed by atoms with Crippen LogP contribution in [0.2, 0.25) is 0 Å². The number of benzene rings is 1. The van der Waals surface area contributed by atoms with E-state index in [0.29, 0.717) is 21.8 Å². The van der Waals surface area contributed by atoms with E-state index in [1.807, 2.05) is 6.92 Å². The minimum absolute atomic E-state index is 0.339. The summed E-state index contributed by atoms with van der Waals surface area (Å²) in [5, 5.41) is 3.01. The molecule has 94 valence electrons. The van der Waals surface area contributed by atoms with Crippen LogP contribution in [0.4, 0.5) is 21.7 Å². The Labute approximate surface area is 112 Å². The van der Waals surface area contributed by atoms with Crippen molar-refractivity contribution in [2.24, 2.45) is 5.84 Å². The van der Waals surface area contributed by atoms with E-state index in [1.165, 1.54) is 12.4 Å². The number of hydrazine groups is 1. The molecular formula is C11H11BrFN5. The Hall–Kier alpha value is -1.73. The fourth-order valence-electron chi connectivity index (χ4n) is 1.42. The zero-order valence-corrected chi connectivity index (χ0v) is 11.1. The standard InChI is InChI=1S/C11H11BrFN5/c1-6-2-7(12)8(13)3-9(6)17-10-4-11(18-14)16-5-15-10/h2-5H,14H2,1H3,(H2,15,16,17,18). The monoisotopic (exact) mass is 311 g/mol. The predicted octanol–water partition coefficient (Wildman–Crippen LogP) is 2.72. The van der Waals surface area contributed by atoms with E-state index >= 15 is 0 Å². The second kappa shape index (κ2) is 5.28. The number of aryl methyl sites for hydroxylation is 1. The lowest BCUT2D eigenvalue weighted by Crippen LogP contribution is -2.09. The molecule has 1 aromatic carbocycles. The van der Waals surface area contributed by atoms with E-state index in [1.54, 1.807) is 12.1 Å². The molecular weight excluding hydrogens is 301 g/mol. The number of nitrogens with two attached hydrogens (primary N) is 1. The van der Waals surface area contributed by atoms with Crippen LogP contribution in [0.3, 0.4) is 0 Å². The van der Waals surface area contributed by atoms with Gasteiger partial charge in [0.25, 0.3) is 0 Å². The van der Waals surface area contributed by atoms with Gasteiger partial charge in [-0.2, -0.15) is 0 Å². The van der Waals surface area contributed by atoms with Gasteiger partial charge in [0.2, 0.25) is 0 Å². The van der Waals surface area contributed by atoms with Crippen molar-refractivity contribution in [3.63, 3.8) is 0 Å². The van der Waals surface area contributed by atoms with E-state index in [2.05, 4.69) is 36.6 Å². The SMILES string of the molecule is Cc1cc(Br)c(F)cc1Nc1cc(NN)ncn1. The van der Waals surface area contributed by atoms with E-state index in [0.717, 1.165) is 5.56 Å². The molecule has 0 spiro atoms. The Balaban J connectivity index is 2.30. The maximum atomic E-state index is 13.5. The van der Waals surface area contributed by atoms with Crippen LogP contribution in [0.5, 0.6) is 0 Å². The highest BCUT2D eigenvalue weighted by molar-refractivity contribution is 9.10. The summed E-state index contributed by atoms with van der Waals surface area (Å²) in [7, 11) is 0. The molecule has 0 aliphatic rings. The third-order valence-electron chi connectivity index (χ3n) is 2.34. The van der Waals surface area contributed by atoms with Gasteiger partial charge < -0.3 is 10.7 Å². The Morgan fingerprint density at radius 1 is 1.22 bits per heavy atom. The van der Waals surface area contributed by atoms with Crippen LogP contribution in [0.1, 0.15) is 5.56 Å². The average molecular weight is 312 g/mol. The summed E-state index contributed by atoms with van der Waals surface area (Å²) in [6.07, 6.45) is 1.36. The van der Waals surface area contributed by atoms with Gasteiger partial charge in [-0.1, -0.05) is 0 Å². The van der Waals surface area contributed by atoms with Crippen LogP contribution in [0.15, 0.2) is 29.0 Å². The first-order valence-corrected chi connectivity index (χ1v) is 5.91. The highest BCUT2D eigenvalue weighted by Gasteiger charge is 2.06. The highest BCUT2D eigenvalue weighted by atomic mass is 79.9. The fraction of sp³-hybridized carbons (Fsp3) is 0.0909. The van der Waals surface area contributed by atoms with E-state index in [9.17, 15) is 4.39 Å². The first-order valence-electron chi connectivity index (χ1n) is 5.11. The highest BCUT2D eigenvalue weighted by Crippen LogP contribution is 2.26. The zero-order valence-electron chi connectivity index (χ0n) is 9.54. The number of nitrogens with zero attached hydrogens (tertiary/aromatic N) is 2. The maximum absolute atomic E-state index is 13.5. The molecule has 1 heterocycles. The van der Waals surface area contributed by atoms with Gasteiger partial charge in [0.05, 0.1) is 4.47 Å². The molecule has 0 bridgehead atoms. The van der Waals surface area contributed by atoms with Crippen molar-refractivity contribution < 1.29 is 4.39 Å². The quantitative estimate of drug-likeness (QED) is 0.600.